The molecule has 4 heteroatoms. The fourth-order valence-electron chi connectivity index (χ4n) is 1.84. The molecule has 1 amide bonds. The van der Waals surface area contributed by atoms with Crippen LogP contribution in [-0.4, -0.2) is 23.5 Å². The summed E-state index contributed by atoms with van der Waals surface area (Å²) in [5.74, 6) is -1.74. The van der Waals surface area contributed by atoms with Gasteiger partial charge in [0, 0.05) is 12.1 Å². The highest BCUT2D eigenvalue weighted by Crippen LogP contribution is 2.13. The highest BCUT2D eigenvalue weighted by atomic mass is 16.4. The Morgan fingerprint density at radius 1 is 1.35 bits per heavy atom. The van der Waals surface area contributed by atoms with Gasteiger partial charge in [0.25, 0.3) is 0 Å². The van der Waals surface area contributed by atoms with E-state index in [1.54, 1.807) is 19.9 Å². The highest BCUT2D eigenvalue weighted by Gasteiger charge is 2.19. The lowest BCUT2D eigenvalue weighted by atomic mass is 9.96. The van der Waals surface area contributed by atoms with Crippen molar-refractivity contribution in [1.82, 2.24) is 5.32 Å². The van der Waals surface area contributed by atoms with Crippen LogP contribution in [0.2, 0.25) is 0 Å². The van der Waals surface area contributed by atoms with Gasteiger partial charge in [-0.1, -0.05) is 30.3 Å². The quantitative estimate of drug-likeness (QED) is 0.783. The van der Waals surface area contributed by atoms with Crippen LogP contribution in [0.15, 0.2) is 35.9 Å². The Balaban J connectivity index is 2.69. The maximum absolute atomic E-state index is 11.6. The minimum atomic E-state index is -0.897. The van der Waals surface area contributed by atoms with E-state index in [1.807, 2.05) is 31.2 Å². The SMILES string of the molecule is C/C=C(\C)C(=O)NCC(Cc1ccccc1C)C(=O)O. The summed E-state index contributed by atoms with van der Waals surface area (Å²) in [5, 5.41) is 11.9. The van der Waals surface area contributed by atoms with Gasteiger partial charge < -0.3 is 10.4 Å². The van der Waals surface area contributed by atoms with Crippen molar-refractivity contribution in [1.29, 1.82) is 0 Å². The van der Waals surface area contributed by atoms with E-state index < -0.39 is 11.9 Å². The first-order valence-corrected chi connectivity index (χ1v) is 6.64. The molecular formula is C16H21NO3. The fourth-order valence-corrected chi connectivity index (χ4v) is 1.84. The number of nitrogens with one attached hydrogen (secondary N) is 1. The molecule has 20 heavy (non-hydrogen) atoms. The van der Waals surface area contributed by atoms with Crippen molar-refractivity contribution >= 4 is 11.9 Å². The number of carboxylic acids is 1. The highest BCUT2D eigenvalue weighted by molar-refractivity contribution is 5.92. The van der Waals surface area contributed by atoms with Crippen molar-refractivity contribution in [3.05, 3.63) is 47.0 Å². The average Bonchev–Trinajstić information content (AvgIpc) is 2.43. The van der Waals surface area contributed by atoms with E-state index in [1.165, 1.54) is 0 Å². The summed E-state index contributed by atoms with van der Waals surface area (Å²) in [4.78, 5) is 22.9. The first-order valence-electron chi connectivity index (χ1n) is 6.64. The molecule has 0 aliphatic heterocycles. The molecule has 1 aromatic rings. The van der Waals surface area contributed by atoms with Crippen molar-refractivity contribution in [2.24, 2.45) is 5.92 Å². The van der Waals surface area contributed by atoms with Crippen LogP contribution in [0.1, 0.15) is 25.0 Å². The Morgan fingerprint density at radius 2 is 2.00 bits per heavy atom. The first-order chi connectivity index (χ1) is 9.45. The number of hydrogen-bond acceptors (Lipinski definition) is 2. The number of carbonyl (C=O) groups excluding carboxylic acids is 1. The molecule has 0 aromatic heterocycles. The van der Waals surface area contributed by atoms with Gasteiger partial charge in [-0.2, -0.15) is 0 Å². The van der Waals surface area contributed by atoms with Crippen LogP contribution in [0, 0.1) is 12.8 Å². The molecule has 0 heterocycles. The number of carboxylic acid groups (broad SMARTS) is 1. The van der Waals surface area contributed by atoms with Crippen LogP contribution in [0.5, 0.6) is 0 Å². The lowest BCUT2D eigenvalue weighted by molar-refractivity contribution is -0.141. The zero-order chi connectivity index (χ0) is 15.1. The van der Waals surface area contributed by atoms with Gasteiger partial charge in [0.15, 0.2) is 0 Å². The summed E-state index contributed by atoms with van der Waals surface area (Å²) in [6, 6.07) is 7.69. The summed E-state index contributed by atoms with van der Waals surface area (Å²) in [6.07, 6.45) is 2.11. The monoisotopic (exact) mass is 275 g/mol. The smallest absolute Gasteiger partial charge is 0.308 e. The van der Waals surface area contributed by atoms with Crippen LogP contribution in [-0.2, 0) is 16.0 Å². The summed E-state index contributed by atoms with van der Waals surface area (Å²) in [7, 11) is 0. The molecule has 0 aliphatic rings. The van der Waals surface area contributed by atoms with Crippen LogP contribution in [0.25, 0.3) is 0 Å². The number of rotatable bonds is 6. The minimum absolute atomic E-state index is 0.133. The molecule has 0 spiro atoms. The van der Waals surface area contributed by atoms with Crippen LogP contribution in [0.3, 0.4) is 0 Å². The molecule has 1 atom stereocenters. The minimum Gasteiger partial charge on any atom is -0.481 e. The van der Waals surface area contributed by atoms with Gasteiger partial charge in [-0.25, -0.2) is 0 Å². The molecule has 1 aromatic carbocycles. The van der Waals surface area contributed by atoms with E-state index in [-0.39, 0.29) is 12.5 Å². The number of aryl methyl sites for hydroxylation is 1. The van der Waals surface area contributed by atoms with Crippen molar-refractivity contribution < 1.29 is 14.7 Å². The third-order valence-corrected chi connectivity index (χ3v) is 3.38. The van der Waals surface area contributed by atoms with Crippen molar-refractivity contribution in [3.63, 3.8) is 0 Å². The standard InChI is InChI=1S/C16H21NO3/c1-4-11(2)15(18)17-10-14(16(19)20)9-13-8-6-5-7-12(13)3/h4-8,14H,9-10H2,1-3H3,(H,17,18)(H,19,20)/b11-4+. The van der Waals surface area contributed by atoms with Gasteiger partial charge >= 0.3 is 5.97 Å². The normalized spacial score (nSPS) is 12.8. The Labute approximate surface area is 119 Å². The molecule has 0 fully saturated rings. The van der Waals surface area contributed by atoms with Crippen LogP contribution in [0.4, 0.5) is 0 Å². The molecule has 0 bridgehead atoms. The number of benzene rings is 1. The lowest BCUT2D eigenvalue weighted by Gasteiger charge is -2.15. The summed E-state index contributed by atoms with van der Waals surface area (Å²) in [6.45, 7) is 5.56. The van der Waals surface area contributed by atoms with Gasteiger partial charge in [0.05, 0.1) is 5.92 Å². The van der Waals surface area contributed by atoms with Gasteiger partial charge in [0.1, 0.15) is 0 Å². The zero-order valence-corrected chi connectivity index (χ0v) is 12.1. The average molecular weight is 275 g/mol. The number of aliphatic carboxylic acids is 1. The van der Waals surface area contributed by atoms with E-state index >= 15 is 0 Å². The lowest BCUT2D eigenvalue weighted by Crippen LogP contribution is -2.34. The van der Waals surface area contributed by atoms with Crippen molar-refractivity contribution in [2.45, 2.75) is 27.2 Å². The second-order valence-electron chi connectivity index (χ2n) is 4.85. The van der Waals surface area contributed by atoms with Gasteiger partial charge in [-0.05, 0) is 38.3 Å². The van der Waals surface area contributed by atoms with Crippen LogP contribution >= 0.6 is 0 Å². The third-order valence-electron chi connectivity index (χ3n) is 3.38. The molecule has 0 radical (unpaired) electrons. The third kappa shape index (κ3) is 4.53. The molecule has 0 saturated carbocycles. The second kappa shape index (κ2) is 7.48. The molecule has 1 rings (SSSR count). The molecule has 108 valence electrons. The Hall–Kier alpha value is -2.10. The predicted molar refractivity (Wildman–Crippen MR) is 78.4 cm³/mol. The van der Waals surface area contributed by atoms with Crippen molar-refractivity contribution in [2.75, 3.05) is 6.54 Å². The maximum Gasteiger partial charge on any atom is 0.308 e. The first kappa shape index (κ1) is 16.0. The molecule has 0 aliphatic carbocycles. The number of allylic oxidation sites excluding steroid dienone is 1. The summed E-state index contributed by atoms with van der Waals surface area (Å²) < 4.78 is 0. The van der Waals surface area contributed by atoms with Crippen molar-refractivity contribution in [3.8, 4) is 0 Å². The predicted octanol–water partition coefficient (Wildman–Crippen LogP) is 2.32. The summed E-state index contributed by atoms with van der Waals surface area (Å²) in [5.41, 5.74) is 2.65. The molecule has 4 nitrogen and oxygen atoms in total. The topological polar surface area (TPSA) is 66.4 Å². The number of hydrogen-bond donors (Lipinski definition) is 2. The maximum atomic E-state index is 11.6. The number of amides is 1. The number of carbonyl (C=O) groups is 2. The van der Waals surface area contributed by atoms with E-state index in [0.29, 0.717) is 12.0 Å². The van der Waals surface area contributed by atoms with E-state index in [9.17, 15) is 14.7 Å². The molecular weight excluding hydrogens is 254 g/mol. The van der Waals surface area contributed by atoms with Gasteiger partial charge in [-0.15, -0.1) is 0 Å². The zero-order valence-electron chi connectivity index (χ0n) is 12.1. The molecule has 2 N–H and O–H groups in total. The van der Waals surface area contributed by atoms with Gasteiger partial charge in [0.2, 0.25) is 5.91 Å². The molecule has 1 unspecified atom stereocenters. The Morgan fingerprint density at radius 3 is 2.55 bits per heavy atom. The van der Waals surface area contributed by atoms with E-state index in [0.717, 1.165) is 11.1 Å². The summed E-state index contributed by atoms with van der Waals surface area (Å²) >= 11 is 0. The fraction of sp³-hybridized carbons (Fsp3) is 0.375. The van der Waals surface area contributed by atoms with E-state index in [2.05, 4.69) is 5.32 Å². The van der Waals surface area contributed by atoms with Gasteiger partial charge in [-0.3, -0.25) is 9.59 Å². The molecule has 0 saturated heterocycles. The second-order valence-corrected chi connectivity index (χ2v) is 4.85. The Bertz CT molecular complexity index is 520. The largest absolute Gasteiger partial charge is 0.481 e. The van der Waals surface area contributed by atoms with Crippen LogP contribution < -0.4 is 5.32 Å². The van der Waals surface area contributed by atoms with E-state index in [4.69, 9.17) is 0 Å². The Kier molecular flexibility index (Phi) is 5.97.